The molecule has 0 aliphatic carbocycles. The number of benzene rings is 1. The summed E-state index contributed by atoms with van der Waals surface area (Å²) in [6.07, 6.45) is 0.771. The van der Waals surface area contributed by atoms with Crippen molar-refractivity contribution in [2.45, 2.75) is 26.2 Å². The topological polar surface area (TPSA) is 55.8 Å². The highest BCUT2D eigenvalue weighted by Gasteiger charge is 2.17. The zero-order valence-electron chi connectivity index (χ0n) is 10.7. The number of aryl methyl sites for hydroxylation is 2. The highest BCUT2D eigenvalue weighted by molar-refractivity contribution is 5.66. The number of carboxylic acids is 1. The van der Waals surface area contributed by atoms with Gasteiger partial charge in [0.2, 0.25) is 0 Å². The summed E-state index contributed by atoms with van der Waals surface area (Å²) < 4.78 is 24.2. The molecule has 1 aromatic carbocycles. The van der Waals surface area contributed by atoms with Crippen molar-refractivity contribution in [2.75, 3.05) is 14.2 Å². The molecule has 0 saturated heterocycles. The summed E-state index contributed by atoms with van der Waals surface area (Å²) in [7, 11) is 2.83. The number of ether oxygens (including phenoxy) is 2. The van der Waals surface area contributed by atoms with Gasteiger partial charge in [-0.3, -0.25) is 4.79 Å². The van der Waals surface area contributed by atoms with Gasteiger partial charge in [-0.25, -0.2) is 4.39 Å². The van der Waals surface area contributed by atoms with E-state index < -0.39 is 11.8 Å². The van der Waals surface area contributed by atoms with Gasteiger partial charge in [0.05, 0.1) is 14.2 Å². The van der Waals surface area contributed by atoms with Gasteiger partial charge in [-0.05, 0) is 37.0 Å². The standard InChI is InChI=1S/C13H17FO4/c1-8-7-9(5-4-6-10(15)16)11(14)13(18-3)12(8)17-2/h7H,4-6H2,1-3H3,(H,15,16). The first kappa shape index (κ1) is 14.3. The van der Waals surface area contributed by atoms with Crippen molar-refractivity contribution in [3.8, 4) is 11.5 Å². The molecule has 100 valence electrons. The van der Waals surface area contributed by atoms with Crippen molar-refractivity contribution < 1.29 is 23.8 Å². The molecule has 0 aliphatic rings. The van der Waals surface area contributed by atoms with Gasteiger partial charge in [-0.1, -0.05) is 0 Å². The molecular formula is C13H17FO4. The van der Waals surface area contributed by atoms with Crippen molar-refractivity contribution in [1.82, 2.24) is 0 Å². The highest BCUT2D eigenvalue weighted by Crippen LogP contribution is 2.36. The summed E-state index contributed by atoms with van der Waals surface area (Å²) >= 11 is 0. The maximum atomic E-state index is 14.1. The molecule has 0 heterocycles. The lowest BCUT2D eigenvalue weighted by molar-refractivity contribution is -0.137. The Morgan fingerprint density at radius 3 is 2.44 bits per heavy atom. The van der Waals surface area contributed by atoms with Crippen LogP contribution in [0.1, 0.15) is 24.0 Å². The monoisotopic (exact) mass is 256 g/mol. The summed E-state index contributed by atoms with van der Waals surface area (Å²) in [6.45, 7) is 1.79. The largest absolute Gasteiger partial charge is 0.492 e. The number of hydrogen-bond acceptors (Lipinski definition) is 3. The van der Waals surface area contributed by atoms with Crippen LogP contribution in [0, 0.1) is 12.7 Å². The second-order valence-electron chi connectivity index (χ2n) is 3.98. The van der Waals surface area contributed by atoms with Crippen LogP contribution in [0.5, 0.6) is 11.5 Å². The average Bonchev–Trinajstić information content (AvgIpc) is 2.32. The summed E-state index contributed by atoms with van der Waals surface area (Å²) in [5.41, 5.74) is 1.22. The number of halogens is 1. The molecule has 0 atom stereocenters. The van der Waals surface area contributed by atoms with E-state index in [1.54, 1.807) is 13.0 Å². The smallest absolute Gasteiger partial charge is 0.303 e. The van der Waals surface area contributed by atoms with Gasteiger partial charge in [0.25, 0.3) is 0 Å². The van der Waals surface area contributed by atoms with E-state index in [9.17, 15) is 9.18 Å². The number of aliphatic carboxylic acids is 1. The quantitative estimate of drug-likeness (QED) is 0.849. The van der Waals surface area contributed by atoms with Crippen LogP contribution in [0.3, 0.4) is 0 Å². The third-order valence-electron chi connectivity index (χ3n) is 2.68. The summed E-state index contributed by atoms with van der Waals surface area (Å²) in [5.74, 6) is -0.919. The zero-order valence-corrected chi connectivity index (χ0v) is 10.7. The average molecular weight is 256 g/mol. The second-order valence-corrected chi connectivity index (χ2v) is 3.98. The molecule has 0 radical (unpaired) electrons. The Balaban J connectivity index is 2.99. The van der Waals surface area contributed by atoms with Gasteiger partial charge in [0, 0.05) is 6.42 Å². The first-order valence-electron chi connectivity index (χ1n) is 5.63. The predicted molar refractivity (Wildman–Crippen MR) is 64.8 cm³/mol. The first-order chi connectivity index (χ1) is 8.51. The maximum absolute atomic E-state index is 14.1. The van der Waals surface area contributed by atoms with E-state index in [0.717, 1.165) is 5.56 Å². The molecule has 1 N–H and O–H groups in total. The van der Waals surface area contributed by atoms with E-state index >= 15 is 0 Å². The van der Waals surface area contributed by atoms with Crippen LogP contribution >= 0.6 is 0 Å². The summed E-state index contributed by atoms with van der Waals surface area (Å²) in [5, 5.41) is 8.56. The number of rotatable bonds is 6. The van der Waals surface area contributed by atoms with Gasteiger partial charge in [-0.15, -0.1) is 0 Å². The Hall–Kier alpha value is -1.78. The predicted octanol–water partition coefficient (Wildman–Crippen LogP) is 2.56. The normalized spacial score (nSPS) is 10.2. The molecule has 0 spiro atoms. The lowest BCUT2D eigenvalue weighted by Crippen LogP contribution is -2.02. The Labute approximate surface area is 105 Å². The Kier molecular flexibility index (Phi) is 4.95. The molecule has 18 heavy (non-hydrogen) atoms. The minimum atomic E-state index is -0.882. The van der Waals surface area contributed by atoms with Crippen LogP contribution in [-0.4, -0.2) is 25.3 Å². The fourth-order valence-electron chi connectivity index (χ4n) is 1.86. The van der Waals surface area contributed by atoms with Crippen LogP contribution in [0.25, 0.3) is 0 Å². The molecule has 0 amide bonds. The van der Waals surface area contributed by atoms with Gasteiger partial charge in [0.15, 0.2) is 17.3 Å². The molecule has 5 heteroatoms. The van der Waals surface area contributed by atoms with E-state index in [1.165, 1.54) is 14.2 Å². The van der Waals surface area contributed by atoms with Crippen LogP contribution in [0.4, 0.5) is 4.39 Å². The van der Waals surface area contributed by atoms with Gasteiger partial charge in [0.1, 0.15) is 0 Å². The number of methoxy groups -OCH3 is 2. The van der Waals surface area contributed by atoms with Crippen molar-refractivity contribution in [3.05, 3.63) is 23.0 Å². The van der Waals surface area contributed by atoms with E-state index in [-0.39, 0.29) is 12.2 Å². The van der Waals surface area contributed by atoms with Gasteiger partial charge < -0.3 is 14.6 Å². The number of hydrogen-bond donors (Lipinski definition) is 1. The SMILES string of the molecule is COc1c(C)cc(CCCC(=O)O)c(F)c1OC. The molecule has 0 aliphatic heterocycles. The van der Waals surface area contributed by atoms with Gasteiger partial charge in [-0.2, -0.15) is 0 Å². The van der Waals surface area contributed by atoms with Crippen LogP contribution in [0.15, 0.2) is 6.07 Å². The zero-order chi connectivity index (χ0) is 13.7. The van der Waals surface area contributed by atoms with Crippen LogP contribution in [0.2, 0.25) is 0 Å². The van der Waals surface area contributed by atoms with E-state index in [1.807, 2.05) is 0 Å². The molecular weight excluding hydrogens is 239 g/mol. The summed E-state index contributed by atoms with van der Waals surface area (Å²) in [6, 6.07) is 1.67. The number of carbonyl (C=O) groups is 1. The molecule has 0 unspecified atom stereocenters. The molecule has 0 aromatic heterocycles. The Morgan fingerprint density at radius 1 is 1.33 bits per heavy atom. The molecule has 4 nitrogen and oxygen atoms in total. The third-order valence-corrected chi connectivity index (χ3v) is 2.68. The van der Waals surface area contributed by atoms with E-state index in [0.29, 0.717) is 24.2 Å². The second kappa shape index (κ2) is 6.23. The minimum absolute atomic E-state index is 0.0207. The van der Waals surface area contributed by atoms with Crippen LogP contribution in [-0.2, 0) is 11.2 Å². The lowest BCUT2D eigenvalue weighted by atomic mass is 10.0. The van der Waals surface area contributed by atoms with Crippen molar-refractivity contribution in [1.29, 1.82) is 0 Å². The molecule has 0 saturated carbocycles. The fourth-order valence-corrected chi connectivity index (χ4v) is 1.86. The van der Waals surface area contributed by atoms with E-state index in [4.69, 9.17) is 14.6 Å². The van der Waals surface area contributed by atoms with Crippen molar-refractivity contribution in [2.24, 2.45) is 0 Å². The number of carboxylic acid groups (broad SMARTS) is 1. The molecule has 0 bridgehead atoms. The van der Waals surface area contributed by atoms with Gasteiger partial charge >= 0.3 is 5.97 Å². The van der Waals surface area contributed by atoms with E-state index in [2.05, 4.69) is 0 Å². The minimum Gasteiger partial charge on any atom is -0.492 e. The fraction of sp³-hybridized carbons (Fsp3) is 0.462. The molecule has 0 fully saturated rings. The Bertz CT molecular complexity index is 443. The molecule has 1 rings (SSSR count). The van der Waals surface area contributed by atoms with Crippen LogP contribution < -0.4 is 9.47 Å². The van der Waals surface area contributed by atoms with Crippen molar-refractivity contribution in [3.63, 3.8) is 0 Å². The van der Waals surface area contributed by atoms with Crippen molar-refractivity contribution >= 4 is 5.97 Å². The first-order valence-corrected chi connectivity index (χ1v) is 5.63. The highest BCUT2D eigenvalue weighted by atomic mass is 19.1. The third kappa shape index (κ3) is 3.12. The maximum Gasteiger partial charge on any atom is 0.303 e. The summed E-state index contributed by atoms with van der Waals surface area (Å²) in [4.78, 5) is 10.4. The Morgan fingerprint density at radius 2 is 1.94 bits per heavy atom. The molecule has 1 aromatic rings. The lowest BCUT2D eigenvalue weighted by Gasteiger charge is -2.14.